The Hall–Kier alpha value is -2.38. The van der Waals surface area contributed by atoms with Crippen molar-refractivity contribution in [1.82, 2.24) is 16.0 Å². The SMILES string of the molecule is CSCCC(NC(=O)C(N)CCCCN)C(=O)NC(CC(N)=O)C(=O)NCC(=O)O. The van der Waals surface area contributed by atoms with Gasteiger partial charge in [-0.05, 0) is 37.8 Å². The fourth-order valence-corrected chi connectivity index (χ4v) is 2.86. The Kier molecular flexibility index (Phi) is 14.2. The molecule has 0 bridgehead atoms. The van der Waals surface area contributed by atoms with Crippen LogP contribution in [0.1, 0.15) is 32.1 Å². The summed E-state index contributed by atoms with van der Waals surface area (Å²) in [6.07, 6.45) is 3.34. The number of nitrogens with two attached hydrogens (primary N) is 3. The van der Waals surface area contributed by atoms with Crippen LogP contribution in [0.5, 0.6) is 0 Å². The number of hydrogen-bond acceptors (Lipinski definition) is 8. The lowest BCUT2D eigenvalue weighted by Crippen LogP contribution is -2.56. The Balaban J connectivity index is 5.12. The van der Waals surface area contributed by atoms with Crippen LogP contribution in [0, 0.1) is 0 Å². The van der Waals surface area contributed by atoms with E-state index in [1.807, 2.05) is 6.26 Å². The van der Waals surface area contributed by atoms with Crippen molar-refractivity contribution in [1.29, 1.82) is 0 Å². The van der Waals surface area contributed by atoms with E-state index in [0.717, 1.165) is 6.42 Å². The fraction of sp³-hybridized carbons (Fsp3) is 0.706. The van der Waals surface area contributed by atoms with Crippen LogP contribution in [-0.4, -0.2) is 77.9 Å². The molecule has 0 aliphatic rings. The lowest BCUT2D eigenvalue weighted by molar-refractivity contribution is -0.138. The van der Waals surface area contributed by atoms with E-state index < -0.39 is 60.7 Å². The van der Waals surface area contributed by atoms with Crippen molar-refractivity contribution >= 4 is 41.4 Å². The van der Waals surface area contributed by atoms with Crippen molar-refractivity contribution in [3.63, 3.8) is 0 Å². The molecule has 0 aromatic heterocycles. The van der Waals surface area contributed by atoms with E-state index in [1.54, 1.807) is 0 Å². The van der Waals surface area contributed by atoms with Gasteiger partial charge in [-0.1, -0.05) is 6.42 Å². The van der Waals surface area contributed by atoms with Crippen LogP contribution in [0.3, 0.4) is 0 Å². The lowest BCUT2D eigenvalue weighted by Gasteiger charge is -2.23. The summed E-state index contributed by atoms with van der Waals surface area (Å²) in [5.74, 6) is -3.72. The monoisotopic (exact) mass is 448 g/mol. The largest absolute Gasteiger partial charge is 0.480 e. The molecule has 30 heavy (non-hydrogen) atoms. The number of carbonyl (C=O) groups excluding carboxylic acids is 4. The number of carbonyl (C=O) groups is 5. The summed E-state index contributed by atoms with van der Waals surface area (Å²) >= 11 is 1.45. The van der Waals surface area contributed by atoms with Crippen molar-refractivity contribution in [3.05, 3.63) is 0 Å². The number of nitrogens with one attached hydrogen (secondary N) is 3. The normalized spacial score (nSPS) is 13.6. The highest BCUT2D eigenvalue weighted by Crippen LogP contribution is 2.05. The van der Waals surface area contributed by atoms with Gasteiger partial charge in [-0.15, -0.1) is 0 Å². The van der Waals surface area contributed by atoms with E-state index in [-0.39, 0.29) is 6.42 Å². The summed E-state index contributed by atoms with van der Waals surface area (Å²) in [5.41, 5.74) is 16.4. The second-order valence-corrected chi connectivity index (χ2v) is 7.56. The van der Waals surface area contributed by atoms with Gasteiger partial charge in [-0.2, -0.15) is 11.8 Å². The van der Waals surface area contributed by atoms with E-state index in [1.165, 1.54) is 11.8 Å². The van der Waals surface area contributed by atoms with Gasteiger partial charge in [0, 0.05) is 0 Å². The third-order valence-corrected chi connectivity index (χ3v) is 4.65. The number of unbranched alkanes of at least 4 members (excludes halogenated alkanes) is 1. The second-order valence-electron chi connectivity index (χ2n) is 6.58. The van der Waals surface area contributed by atoms with Crippen LogP contribution >= 0.6 is 11.8 Å². The Labute approximate surface area is 179 Å². The molecule has 0 fully saturated rings. The molecule has 13 heteroatoms. The van der Waals surface area contributed by atoms with Crippen molar-refractivity contribution in [2.75, 3.05) is 25.1 Å². The van der Waals surface area contributed by atoms with Gasteiger partial charge in [0.2, 0.25) is 23.6 Å². The van der Waals surface area contributed by atoms with Crippen LogP contribution in [0.15, 0.2) is 0 Å². The van der Waals surface area contributed by atoms with Gasteiger partial charge in [0.1, 0.15) is 18.6 Å². The molecule has 0 radical (unpaired) electrons. The number of primary amides is 1. The maximum Gasteiger partial charge on any atom is 0.322 e. The lowest BCUT2D eigenvalue weighted by atomic mass is 10.1. The Morgan fingerprint density at radius 3 is 2.13 bits per heavy atom. The molecule has 10 N–H and O–H groups in total. The highest BCUT2D eigenvalue weighted by atomic mass is 32.2. The summed E-state index contributed by atoms with van der Waals surface area (Å²) in [4.78, 5) is 59.0. The first kappa shape index (κ1) is 27.6. The summed E-state index contributed by atoms with van der Waals surface area (Å²) in [5, 5.41) is 15.7. The van der Waals surface area contributed by atoms with Crippen LogP contribution < -0.4 is 33.2 Å². The average Bonchev–Trinajstić information content (AvgIpc) is 2.68. The molecule has 0 saturated carbocycles. The maximum absolute atomic E-state index is 12.7. The molecule has 0 aromatic rings. The molecular formula is C17H32N6O6S. The quantitative estimate of drug-likeness (QED) is 0.121. The zero-order valence-corrected chi connectivity index (χ0v) is 17.8. The minimum absolute atomic E-state index is 0.258. The predicted molar refractivity (Wildman–Crippen MR) is 112 cm³/mol. The summed E-state index contributed by atoms with van der Waals surface area (Å²) < 4.78 is 0. The molecule has 0 aliphatic heterocycles. The van der Waals surface area contributed by atoms with Crippen LogP contribution in [0.4, 0.5) is 0 Å². The number of carboxylic acids is 1. The number of thioether (sulfide) groups is 1. The van der Waals surface area contributed by atoms with Gasteiger partial charge < -0.3 is 38.3 Å². The van der Waals surface area contributed by atoms with Gasteiger partial charge in [0.05, 0.1) is 12.5 Å². The molecule has 3 atom stereocenters. The molecule has 0 saturated heterocycles. The highest BCUT2D eigenvalue weighted by Gasteiger charge is 2.29. The predicted octanol–water partition coefficient (Wildman–Crippen LogP) is -2.76. The number of carboxylic acid groups (broad SMARTS) is 1. The zero-order valence-electron chi connectivity index (χ0n) is 17.0. The van der Waals surface area contributed by atoms with E-state index in [9.17, 15) is 24.0 Å². The van der Waals surface area contributed by atoms with Crippen molar-refractivity contribution in [3.8, 4) is 0 Å². The van der Waals surface area contributed by atoms with Gasteiger partial charge in [-0.3, -0.25) is 24.0 Å². The molecule has 12 nitrogen and oxygen atoms in total. The molecule has 0 aliphatic carbocycles. The summed E-state index contributed by atoms with van der Waals surface area (Å²) in [6, 6.07) is -3.18. The number of amides is 4. The molecule has 172 valence electrons. The number of aliphatic carboxylic acids is 1. The summed E-state index contributed by atoms with van der Waals surface area (Å²) in [7, 11) is 0. The average molecular weight is 449 g/mol. The first-order valence-corrected chi connectivity index (χ1v) is 10.8. The van der Waals surface area contributed by atoms with Gasteiger partial charge in [0.15, 0.2) is 0 Å². The molecule has 0 rings (SSSR count). The second kappa shape index (κ2) is 15.5. The first-order valence-electron chi connectivity index (χ1n) is 9.45. The van der Waals surface area contributed by atoms with Crippen LogP contribution in [-0.2, 0) is 24.0 Å². The number of hydrogen-bond donors (Lipinski definition) is 7. The third kappa shape index (κ3) is 12.2. The van der Waals surface area contributed by atoms with E-state index in [2.05, 4.69) is 16.0 Å². The Morgan fingerprint density at radius 2 is 1.60 bits per heavy atom. The molecule has 3 unspecified atom stereocenters. The molecule has 4 amide bonds. The van der Waals surface area contributed by atoms with E-state index in [0.29, 0.717) is 25.1 Å². The Morgan fingerprint density at radius 1 is 0.967 bits per heavy atom. The third-order valence-electron chi connectivity index (χ3n) is 4.00. The van der Waals surface area contributed by atoms with Gasteiger partial charge in [-0.25, -0.2) is 0 Å². The van der Waals surface area contributed by atoms with Crippen LogP contribution in [0.2, 0.25) is 0 Å². The van der Waals surface area contributed by atoms with E-state index >= 15 is 0 Å². The van der Waals surface area contributed by atoms with Crippen molar-refractivity contribution in [2.45, 2.75) is 50.2 Å². The molecule has 0 aromatic carbocycles. The molecule has 0 heterocycles. The smallest absolute Gasteiger partial charge is 0.322 e. The highest BCUT2D eigenvalue weighted by molar-refractivity contribution is 7.98. The van der Waals surface area contributed by atoms with Crippen LogP contribution in [0.25, 0.3) is 0 Å². The minimum atomic E-state index is -1.37. The molecular weight excluding hydrogens is 416 g/mol. The van der Waals surface area contributed by atoms with Gasteiger partial charge in [0.25, 0.3) is 0 Å². The first-order chi connectivity index (χ1) is 14.1. The maximum atomic E-state index is 12.7. The molecule has 0 spiro atoms. The Bertz CT molecular complexity index is 605. The fourth-order valence-electron chi connectivity index (χ4n) is 2.39. The van der Waals surface area contributed by atoms with Crippen molar-refractivity contribution in [2.24, 2.45) is 17.2 Å². The standard InChI is InChI=1S/C17H32N6O6S/c1-30-7-5-11(22-15(27)10(19)4-2-3-6-18)17(29)23-12(8-13(20)24)16(28)21-9-14(25)26/h10-12H,2-9,18-19H2,1H3,(H2,20,24)(H,21,28)(H,22,27)(H,23,29)(H,25,26). The van der Waals surface area contributed by atoms with Gasteiger partial charge >= 0.3 is 5.97 Å². The van der Waals surface area contributed by atoms with Crippen molar-refractivity contribution < 1.29 is 29.1 Å². The topological polar surface area (TPSA) is 220 Å². The minimum Gasteiger partial charge on any atom is -0.480 e. The zero-order chi connectivity index (χ0) is 23.1. The summed E-state index contributed by atoms with van der Waals surface area (Å²) in [6.45, 7) is -0.202. The van der Waals surface area contributed by atoms with E-state index in [4.69, 9.17) is 22.3 Å². The number of rotatable bonds is 16.